The van der Waals surface area contributed by atoms with Gasteiger partial charge in [0.2, 0.25) is 17.7 Å². The zero-order valence-corrected chi connectivity index (χ0v) is 51.1. The van der Waals surface area contributed by atoms with Crippen LogP contribution in [0.1, 0.15) is 129 Å². The maximum atomic E-state index is 14.3. The highest BCUT2D eigenvalue weighted by Crippen LogP contribution is 2.43. The molecule has 0 aliphatic carbocycles. The molecule has 25 nitrogen and oxygen atoms in total. The van der Waals surface area contributed by atoms with Gasteiger partial charge < -0.3 is 65.6 Å². The minimum absolute atomic E-state index is 0.0623. The van der Waals surface area contributed by atoms with Crippen LogP contribution < -0.4 is 50.8 Å². The highest BCUT2D eigenvalue weighted by atomic mass is 79.9. The lowest BCUT2D eigenvalue weighted by Gasteiger charge is -2.31. The molecule has 4 aromatic rings. The first-order valence-electron chi connectivity index (χ1n) is 29.2. The van der Waals surface area contributed by atoms with Crippen molar-refractivity contribution in [2.75, 3.05) is 69.2 Å². The molecule has 8 rings (SSSR count). The Labute approximate surface area is 513 Å². The fraction of sp³-hybridized carbons (Fsp3) is 0.475. The summed E-state index contributed by atoms with van der Waals surface area (Å²) >= 11 is 3.12. The van der Waals surface area contributed by atoms with E-state index in [0.717, 1.165) is 23.3 Å². The number of hydrogen-bond donors (Lipinski definition) is 6. The number of nitrogens with two attached hydrogens (primary N) is 1. The number of aliphatic imine (C=N–C) groups is 1. The Bertz CT molecular complexity index is 3230. The summed E-state index contributed by atoms with van der Waals surface area (Å²) in [5.74, 6) is 0.0122. The van der Waals surface area contributed by atoms with Crippen molar-refractivity contribution in [1.82, 2.24) is 40.7 Å². The van der Waals surface area contributed by atoms with Gasteiger partial charge in [0, 0.05) is 56.6 Å². The summed E-state index contributed by atoms with van der Waals surface area (Å²) < 4.78 is 31.0. The average molecular weight is 1270 g/mol. The molecule has 4 aliphatic rings. The Kier molecular flexibility index (Phi) is 22.4. The summed E-state index contributed by atoms with van der Waals surface area (Å²) in [5.41, 5.74) is 9.48. The molecular formula is C61H77BrN12O13. The number of nitrogens with one attached hydrogen (secondary N) is 4. The Hall–Kier alpha value is -8.52. The molecule has 4 aliphatic heterocycles. The van der Waals surface area contributed by atoms with Crippen LogP contribution >= 0.6 is 15.9 Å². The number of aromatic nitrogens is 3. The summed E-state index contributed by atoms with van der Waals surface area (Å²) in [4.78, 5) is 101. The minimum Gasteiger partial charge on any atom is -0.493 e. The van der Waals surface area contributed by atoms with Gasteiger partial charge in [-0.25, -0.2) is 19.2 Å². The standard InChI is InChI=1S/C61H77BrN12O13/c1-36(2)55(68-53(75)15-9-7-10-20-64-54(76)30-62)45-34-73(70-69-45)46(14-13-21-65-60(63)81)56(77)67-40-18-16-39(17-19-40)35-87-61(82)74-47-29-52(50(84-6)27-43(47)58(79)72-33-38(4)25-48(72)59(74)80)86-23-12-8-11-22-85-51-28-44-42(26-49(51)83-5)57(78)71-32-37(3)24-41(71)31-66-44/h16-19,26-29,31,34,36,41,46,48,55,59,80H,3-4,7-15,20-25,30,32-33,35H2,1-2,5-6H3,(H,64,76)(H,67,77)(H,68,75)(H3,63,65,81)/t41-,46-,48-,55-,59-/m0/s1. The molecule has 0 unspecified atom stereocenters. The number of primary amides is 1. The van der Waals surface area contributed by atoms with Crippen molar-refractivity contribution in [2.45, 2.75) is 121 Å². The maximum Gasteiger partial charge on any atom is 0.416 e. The highest BCUT2D eigenvalue weighted by molar-refractivity contribution is 9.09. The van der Waals surface area contributed by atoms with Gasteiger partial charge in [-0.05, 0) is 93.5 Å². The third-order valence-corrected chi connectivity index (χ3v) is 15.9. The fourth-order valence-electron chi connectivity index (χ4n) is 10.8. The predicted octanol–water partition coefficient (Wildman–Crippen LogP) is 7.17. The van der Waals surface area contributed by atoms with Gasteiger partial charge in [0.05, 0.1) is 79.6 Å². The van der Waals surface area contributed by atoms with E-state index in [2.05, 4.69) is 65.7 Å². The van der Waals surface area contributed by atoms with E-state index in [4.69, 9.17) is 29.4 Å². The number of ether oxygens (including phenoxy) is 5. The number of fused-ring (bicyclic) bond motifs is 4. The summed E-state index contributed by atoms with van der Waals surface area (Å²) in [6, 6.07) is 9.90. The number of rotatable bonds is 29. The van der Waals surface area contributed by atoms with E-state index in [1.54, 1.807) is 53.7 Å². The van der Waals surface area contributed by atoms with Crippen molar-refractivity contribution in [3.8, 4) is 23.0 Å². The smallest absolute Gasteiger partial charge is 0.416 e. The van der Waals surface area contributed by atoms with Gasteiger partial charge in [0.25, 0.3) is 11.8 Å². The second-order valence-corrected chi connectivity index (χ2v) is 22.7. The van der Waals surface area contributed by atoms with Crippen LogP contribution in [0.5, 0.6) is 23.0 Å². The molecule has 0 radical (unpaired) electrons. The first-order valence-corrected chi connectivity index (χ1v) is 30.3. The number of carbonyl (C=O) groups excluding carboxylic acids is 7. The molecule has 7 N–H and O–H groups in total. The van der Waals surface area contributed by atoms with Crippen molar-refractivity contribution in [3.05, 3.63) is 101 Å². The van der Waals surface area contributed by atoms with Gasteiger partial charge >= 0.3 is 12.1 Å². The topological polar surface area (TPSA) is 313 Å². The molecule has 0 bridgehead atoms. The third kappa shape index (κ3) is 16.3. The van der Waals surface area contributed by atoms with Crippen LogP contribution in [0, 0.1) is 5.92 Å². The molecule has 5 atom stereocenters. The number of methoxy groups -OCH3 is 2. The highest BCUT2D eigenvalue weighted by Gasteiger charge is 2.46. The van der Waals surface area contributed by atoms with E-state index >= 15 is 0 Å². The Morgan fingerprint density at radius 3 is 2.14 bits per heavy atom. The van der Waals surface area contributed by atoms with Crippen LogP contribution in [0.4, 0.5) is 26.7 Å². The summed E-state index contributed by atoms with van der Waals surface area (Å²) in [5, 5.41) is 32.2. The Morgan fingerprint density at radius 1 is 0.793 bits per heavy atom. The van der Waals surface area contributed by atoms with E-state index in [-0.39, 0.29) is 103 Å². The van der Waals surface area contributed by atoms with Gasteiger partial charge in [0.15, 0.2) is 29.2 Å². The fourth-order valence-corrected chi connectivity index (χ4v) is 11.0. The van der Waals surface area contributed by atoms with Gasteiger partial charge in [-0.2, -0.15) is 0 Å². The first-order chi connectivity index (χ1) is 41.9. The van der Waals surface area contributed by atoms with E-state index < -0.39 is 48.3 Å². The lowest BCUT2D eigenvalue weighted by molar-refractivity contribution is -0.122. The lowest BCUT2D eigenvalue weighted by Crippen LogP contribution is -2.50. The Balaban J connectivity index is 0.883. The van der Waals surface area contributed by atoms with Gasteiger partial charge in [-0.1, -0.05) is 77.8 Å². The SMILES string of the molecule is C=C1C[C@H]2C=Nc3cc(OCCCCCOc4cc5c(cc4OC)C(=O)N4CC(=C)C[C@H]4[C@H](O)N5C(=O)OCc4ccc(NC(=O)[C@H](CCCNC(N)=O)n5cc([C@@H](NC(=O)CCCCCNC(=O)CBr)C(C)C)nn5)cc4)c(OC)cc3C(=O)N2C1. The van der Waals surface area contributed by atoms with Crippen LogP contribution in [0.15, 0.2) is 84.0 Å². The number of benzene rings is 3. The van der Waals surface area contributed by atoms with Crippen molar-refractivity contribution < 1.29 is 62.4 Å². The Morgan fingerprint density at radius 2 is 1.45 bits per heavy atom. The molecule has 2 fully saturated rings. The number of amides is 8. The third-order valence-electron chi connectivity index (χ3n) is 15.4. The van der Waals surface area contributed by atoms with E-state index in [1.807, 2.05) is 13.8 Å². The van der Waals surface area contributed by atoms with Crippen LogP contribution in [-0.2, 0) is 25.7 Å². The number of nitrogens with zero attached hydrogens (tertiary/aromatic N) is 7. The molecular weight excluding hydrogens is 1190 g/mol. The second-order valence-electron chi connectivity index (χ2n) is 22.2. The maximum absolute atomic E-state index is 14.3. The zero-order chi connectivity index (χ0) is 62.3. The molecule has 466 valence electrons. The molecule has 2 saturated heterocycles. The second kappa shape index (κ2) is 30.2. The minimum atomic E-state index is -1.54. The molecule has 0 spiro atoms. The van der Waals surface area contributed by atoms with Crippen LogP contribution in [0.2, 0.25) is 0 Å². The zero-order valence-electron chi connectivity index (χ0n) is 49.5. The number of unbranched alkanes of at least 4 members (excludes halogenated alkanes) is 4. The van der Waals surface area contributed by atoms with Crippen molar-refractivity contribution >= 4 is 80.9 Å². The number of anilines is 2. The molecule has 26 heteroatoms. The average Bonchev–Trinajstić information content (AvgIpc) is 2.19. The number of carbonyl (C=O) groups is 7. The van der Waals surface area contributed by atoms with Gasteiger partial charge in [-0.3, -0.25) is 29.0 Å². The molecule has 3 aromatic carbocycles. The van der Waals surface area contributed by atoms with Crippen LogP contribution in [0.25, 0.3) is 0 Å². The quantitative estimate of drug-likeness (QED) is 0.0178. The molecule has 87 heavy (non-hydrogen) atoms. The van der Waals surface area contributed by atoms with Gasteiger partial charge in [-0.15, -0.1) is 5.10 Å². The number of hydrogen-bond acceptors (Lipinski definition) is 16. The predicted molar refractivity (Wildman–Crippen MR) is 327 cm³/mol. The number of urea groups is 1. The lowest BCUT2D eigenvalue weighted by atomic mass is 10.0. The van der Waals surface area contributed by atoms with Gasteiger partial charge in [0.1, 0.15) is 18.3 Å². The van der Waals surface area contributed by atoms with Crippen molar-refractivity contribution in [3.63, 3.8) is 0 Å². The van der Waals surface area contributed by atoms with Crippen LogP contribution in [0.3, 0.4) is 0 Å². The number of alkyl halides is 1. The summed E-state index contributed by atoms with van der Waals surface area (Å²) in [6.07, 6.45) is 6.76. The van der Waals surface area contributed by atoms with Crippen molar-refractivity contribution in [1.29, 1.82) is 0 Å². The van der Waals surface area contributed by atoms with E-state index in [0.29, 0.717) is 103 Å². The van der Waals surface area contributed by atoms with Crippen molar-refractivity contribution in [2.24, 2.45) is 16.6 Å². The number of halogens is 1. The largest absolute Gasteiger partial charge is 0.493 e. The summed E-state index contributed by atoms with van der Waals surface area (Å²) in [7, 11) is 2.96. The monoisotopic (exact) mass is 1260 g/mol. The molecule has 8 amide bonds. The number of aliphatic hydroxyl groups is 1. The molecule has 1 aromatic heterocycles. The van der Waals surface area contributed by atoms with Crippen LogP contribution in [-0.4, -0.2) is 155 Å². The van der Waals surface area contributed by atoms with E-state index in [1.165, 1.54) is 35.9 Å². The summed E-state index contributed by atoms with van der Waals surface area (Å²) in [6.45, 7) is 13.7. The normalized spacial score (nSPS) is 17.5. The van der Waals surface area contributed by atoms with E-state index in [9.17, 15) is 38.7 Å². The first kappa shape index (κ1) is 64.5. The number of aliphatic hydroxyl groups excluding tert-OH is 1. The molecule has 5 heterocycles. The molecule has 0 saturated carbocycles.